The zero-order valence-corrected chi connectivity index (χ0v) is 12.5. The van der Waals surface area contributed by atoms with Crippen molar-refractivity contribution in [3.8, 4) is 5.75 Å². The second-order valence-corrected chi connectivity index (χ2v) is 5.32. The summed E-state index contributed by atoms with van der Waals surface area (Å²) in [5.74, 6) is -0.0349. The van der Waals surface area contributed by atoms with E-state index in [1.165, 1.54) is 0 Å². The van der Waals surface area contributed by atoms with Crippen LogP contribution in [0, 0.1) is 0 Å². The maximum atomic E-state index is 11.9. The Kier molecular flexibility index (Phi) is 6.02. The van der Waals surface area contributed by atoms with Crippen LogP contribution in [0.3, 0.4) is 0 Å². The van der Waals surface area contributed by atoms with Gasteiger partial charge in [0.25, 0.3) is 0 Å². The summed E-state index contributed by atoms with van der Waals surface area (Å²) in [6.45, 7) is 4.42. The van der Waals surface area contributed by atoms with Gasteiger partial charge >= 0.3 is 0 Å². The molecule has 2 rings (SSSR count). The standard InChI is InChI=1S/C16H24N2O3/c1-2-12-3-4-15(19)14(11-12)18-16(20)7-10-21-13-5-8-17-9-6-13/h3-4,11,13,17,19H,2,5-10H2,1H3,(H,18,20). The molecule has 0 bridgehead atoms. The third-order valence-electron chi connectivity index (χ3n) is 3.71. The van der Waals surface area contributed by atoms with Crippen molar-refractivity contribution in [1.29, 1.82) is 0 Å². The maximum Gasteiger partial charge on any atom is 0.226 e. The minimum atomic E-state index is -0.132. The SMILES string of the molecule is CCc1ccc(O)c(NC(=O)CCOC2CCNCC2)c1. The van der Waals surface area contributed by atoms with Crippen LogP contribution in [0.1, 0.15) is 31.7 Å². The number of phenols is 1. The number of hydrogen-bond acceptors (Lipinski definition) is 4. The zero-order valence-electron chi connectivity index (χ0n) is 12.5. The Morgan fingerprint density at radius 3 is 2.90 bits per heavy atom. The van der Waals surface area contributed by atoms with Gasteiger partial charge in [-0.3, -0.25) is 4.79 Å². The fraction of sp³-hybridized carbons (Fsp3) is 0.562. The van der Waals surface area contributed by atoms with E-state index in [0.717, 1.165) is 37.9 Å². The summed E-state index contributed by atoms with van der Waals surface area (Å²) in [6, 6.07) is 5.27. The number of rotatable bonds is 6. The predicted molar refractivity (Wildman–Crippen MR) is 82.6 cm³/mol. The highest BCUT2D eigenvalue weighted by Gasteiger charge is 2.14. The number of hydrogen-bond donors (Lipinski definition) is 3. The van der Waals surface area contributed by atoms with E-state index in [1.807, 2.05) is 13.0 Å². The van der Waals surface area contributed by atoms with Gasteiger partial charge in [-0.1, -0.05) is 13.0 Å². The number of carbonyl (C=O) groups is 1. The third kappa shape index (κ3) is 5.02. The molecule has 0 atom stereocenters. The van der Waals surface area contributed by atoms with E-state index >= 15 is 0 Å². The molecule has 1 amide bonds. The monoisotopic (exact) mass is 292 g/mol. The van der Waals surface area contributed by atoms with Crippen LogP contribution in [0.4, 0.5) is 5.69 Å². The summed E-state index contributed by atoms with van der Waals surface area (Å²) in [5, 5.41) is 15.8. The summed E-state index contributed by atoms with van der Waals surface area (Å²) in [7, 11) is 0. The van der Waals surface area contributed by atoms with E-state index in [-0.39, 0.29) is 17.8 Å². The molecule has 1 aliphatic rings. The van der Waals surface area contributed by atoms with Gasteiger partial charge in [0.05, 0.1) is 24.8 Å². The van der Waals surface area contributed by atoms with Gasteiger partial charge in [-0.25, -0.2) is 0 Å². The van der Waals surface area contributed by atoms with Crippen molar-refractivity contribution in [3.63, 3.8) is 0 Å². The predicted octanol–water partition coefficient (Wildman–Crippen LogP) is 2.05. The summed E-state index contributed by atoms with van der Waals surface area (Å²) in [5.41, 5.74) is 1.55. The number of phenolic OH excluding ortho intramolecular Hbond substituents is 1. The lowest BCUT2D eigenvalue weighted by molar-refractivity contribution is -0.117. The van der Waals surface area contributed by atoms with Gasteiger partial charge in [-0.2, -0.15) is 0 Å². The topological polar surface area (TPSA) is 70.6 Å². The number of aromatic hydroxyl groups is 1. The summed E-state index contributed by atoms with van der Waals surface area (Å²) in [4.78, 5) is 11.9. The molecule has 5 nitrogen and oxygen atoms in total. The normalized spacial score (nSPS) is 15.9. The van der Waals surface area contributed by atoms with Crippen LogP contribution < -0.4 is 10.6 Å². The molecule has 21 heavy (non-hydrogen) atoms. The van der Waals surface area contributed by atoms with Crippen molar-refractivity contribution in [3.05, 3.63) is 23.8 Å². The van der Waals surface area contributed by atoms with Crippen LogP contribution in [0.5, 0.6) is 5.75 Å². The molecule has 0 aliphatic carbocycles. The average Bonchev–Trinajstić information content (AvgIpc) is 2.50. The van der Waals surface area contributed by atoms with E-state index in [0.29, 0.717) is 18.7 Å². The Balaban J connectivity index is 1.76. The van der Waals surface area contributed by atoms with Gasteiger partial charge in [0.1, 0.15) is 5.75 Å². The number of nitrogens with one attached hydrogen (secondary N) is 2. The van der Waals surface area contributed by atoms with Gasteiger partial charge in [0, 0.05) is 0 Å². The maximum absolute atomic E-state index is 11.9. The Labute approximate surface area is 125 Å². The molecule has 116 valence electrons. The highest BCUT2D eigenvalue weighted by molar-refractivity contribution is 5.92. The van der Waals surface area contributed by atoms with Crippen LogP contribution in [-0.4, -0.2) is 36.8 Å². The number of anilines is 1. The summed E-state index contributed by atoms with van der Waals surface area (Å²) in [6.07, 6.45) is 3.43. The van der Waals surface area contributed by atoms with Crippen molar-refractivity contribution in [1.82, 2.24) is 5.32 Å². The van der Waals surface area contributed by atoms with E-state index in [2.05, 4.69) is 10.6 Å². The van der Waals surface area contributed by atoms with Crippen molar-refractivity contribution >= 4 is 11.6 Å². The number of aryl methyl sites for hydroxylation is 1. The summed E-state index contributed by atoms with van der Waals surface area (Å²) >= 11 is 0. The van der Waals surface area contributed by atoms with Crippen molar-refractivity contribution in [2.45, 2.75) is 38.7 Å². The quantitative estimate of drug-likeness (QED) is 0.702. The van der Waals surface area contributed by atoms with Crippen LogP contribution >= 0.6 is 0 Å². The first kappa shape index (κ1) is 15.8. The number of carbonyl (C=O) groups excluding carboxylic acids is 1. The molecule has 1 heterocycles. The fourth-order valence-corrected chi connectivity index (χ4v) is 2.40. The van der Waals surface area contributed by atoms with Gasteiger partial charge in [0.15, 0.2) is 0 Å². The van der Waals surface area contributed by atoms with Crippen LogP contribution in [-0.2, 0) is 16.0 Å². The lowest BCUT2D eigenvalue weighted by Gasteiger charge is -2.22. The molecule has 0 aromatic heterocycles. The van der Waals surface area contributed by atoms with Crippen LogP contribution in [0.25, 0.3) is 0 Å². The fourth-order valence-electron chi connectivity index (χ4n) is 2.40. The highest BCUT2D eigenvalue weighted by atomic mass is 16.5. The van der Waals surface area contributed by atoms with Crippen LogP contribution in [0.2, 0.25) is 0 Å². The molecule has 1 fully saturated rings. The van der Waals surface area contributed by atoms with Gasteiger partial charge < -0.3 is 20.5 Å². The van der Waals surface area contributed by atoms with Gasteiger partial charge in [-0.05, 0) is 50.0 Å². The van der Waals surface area contributed by atoms with Crippen molar-refractivity contribution in [2.75, 3.05) is 25.0 Å². The Bertz CT molecular complexity index is 471. The molecule has 5 heteroatoms. The molecule has 0 unspecified atom stereocenters. The minimum Gasteiger partial charge on any atom is -0.506 e. The Morgan fingerprint density at radius 2 is 2.19 bits per heavy atom. The third-order valence-corrected chi connectivity index (χ3v) is 3.71. The zero-order chi connectivity index (χ0) is 15.1. The first-order valence-corrected chi connectivity index (χ1v) is 7.63. The molecule has 0 radical (unpaired) electrons. The number of amides is 1. The molecule has 1 aliphatic heterocycles. The first-order chi connectivity index (χ1) is 10.2. The van der Waals surface area contributed by atoms with Crippen molar-refractivity contribution in [2.24, 2.45) is 0 Å². The highest BCUT2D eigenvalue weighted by Crippen LogP contribution is 2.24. The van der Waals surface area contributed by atoms with Gasteiger partial charge in [-0.15, -0.1) is 0 Å². The lowest BCUT2D eigenvalue weighted by atomic mass is 10.1. The van der Waals surface area contributed by atoms with Gasteiger partial charge in [0.2, 0.25) is 5.91 Å². The van der Waals surface area contributed by atoms with E-state index in [4.69, 9.17) is 4.74 Å². The molecule has 3 N–H and O–H groups in total. The Hall–Kier alpha value is -1.59. The number of piperidine rings is 1. The minimum absolute atomic E-state index is 0.0971. The van der Waals surface area contributed by atoms with Crippen molar-refractivity contribution < 1.29 is 14.6 Å². The largest absolute Gasteiger partial charge is 0.506 e. The average molecular weight is 292 g/mol. The molecule has 0 saturated carbocycles. The lowest BCUT2D eigenvalue weighted by Crippen LogP contribution is -2.33. The number of ether oxygens (including phenoxy) is 1. The second kappa shape index (κ2) is 8.00. The Morgan fingerprint density at radius 1 is 1.43 bits per heavy atom. The first-order valence-electron chi connectivity index (χ1n) is 7.63. The molecular weight excluding hydrogens is 268 g/mol. The molecular formula is C16H24N2O3. The van der Waals surface area contributed by atoms with Crippen LogP contribution in [0.15, 0.2) is 18.2 Å². The summed E-state index contributed by atoms with van der Waals surface area (Å²) < 4.78 is 5.70. The molecule has 1 saturated heterocycles. The number of benzene rings is 1. The van der Waals surface area contributed by atoms with E-state index < -0.39 is 0 Å². The molecule has 1 aromatic carbocycles. The molecule has 1 aromatic rings. The van der Waals surface area contributed by atoms with E-state index in [1.54, 1.807) is 12.1 Å². The smallest absolute Gasteiger partial charge is 0.226 e. The van der Waals surface area contributed by atoms with E-state index in [9.17, 15) is 9.90 Å². The molecule has 0 spiro atoms. The second-order valence-electron chi connectivity index (χ2n) is 5.32.